The van der Waals surface area contributed by atoms with Crippen LogP contribution in [0.25, 0.3) is 11.5 Å². The Morgan fingerprint density at radius 1 is 1.37 bits per heavy atom. The van der Waals surface area contributed by atoms with Crippen molar-refractivity contribution in [3.63, 3.8) is 0 Å². The third-order valence-electron chi connectivity index (χ3n) is 2.36. The molecule has 8 nitrogen and oxygen atoms in total. The molecule has 0 fully saturated rings. The minimum atomic E-state index is -0.375. The normalized spacial score (nSPS) is 10.3. The van der Waals surface area contributed by atoms with Crippen molar-refractivity contribution in [2.24, 2.45) is 0 Å². The van der Waals surface area contributed by atoms with E-state index in [-0.39, 0.29) is 11.7 Å². The number of hydrogen-bond donors (Lipinski definition) is 2. The fourth-order valence-corrected chi connectivity index (χ4v) is 1.53. The number of amides is 1. The molecule has 2 N–H and O–H groups in total. The zero-order valence-corrected chi connectivity index (χ0v) is 9.57. The maximum Gasteiger partial charge on any atom is 0.292 e. The molecule has 94 valence electrons. The van der Waals surface area contributed by atoms with Gasteiger partial charge in [0.15, 0.2) is 0 Å². The molecule has 19 heavy (non-hydrogen) atoms. The van der Waals surface area contributed by atoms with E-state index in [0.29, 0.717) is 17.1 Å². The van der Waals surface area contributed by atoms with Gasteiger partial charge in [0, 0.05) is 11.3 Å². The minimum absolute atomic E-state index is 0.142. The van der Waals surface area contributed by atoms with Gasteiger partial charge in [0.2, 0.25) is 18.1 Å². The molecule has 1 aromatic carbocycles. The van der Waals surface area contributed by atoms with Crippen molar-refractivity contribution < 1.29 is 9.21 Å². The number of benzene rings is 1. The molecular formula is C11H8N6O2. The van der Waals surface area contributed by atoms with Crippen molar-refractivity contribution in [2.75, 3.05) is 5.32 Å². The van der Waals surface area contributed by atoms with E-state index in [1.54, 1.807) is 24.3 Å². The number of aromatic amines is 1. The van der Waals surface area contributed by atoms with Crippen LogP contribution in [0, 0.1) is 0 Å². The van der Waals surface area contributed by atoms with Crippen molar-refractivity contribution in [1.29, 1.82) is 0 Å². The lowest BCUT2D eigenvalue weighted by molar-refractivity contribution is 0.101. The van der Waals surface area contributed by atoms with Crippen LogP contribution in [0.3, 0.4) is 0 Å². The molecular weight excluding hydrogens is 248 g/mol. The van der Waals surface area contributed by atoms with E-state index in [1.807, 2.05) is 0 Å². The highest BCUT2D eigenvalue weighted by molar-refractivity contribution is 6.01. The third kappa shape index (κ3) is 2.32. The Hall–Kier alpha value is -3.03. The molecule has 0 atom stereocenters. The molecule has 0 unspecified atom stereocenters. The number of nitrogens with zero attached hydrogens (tertiary/aromatic N) is 4. The summed E-state index contributed by atoms with van der Waals surface area (Å²) in [5.74, 6) is 0.152. The van der Waals surface area contributed by atoms with Gasteiger partial charge >= 0.3 is 0 Å². The number of carbonyl (C=O) groups is 1. The molecule has 2 aromatic heterocycles. The number of carbonyl (C=O) groups excluding carboxylic acids is 1. The van der Waals surface area contributed by atoms with Crippen LogP contribution < -0.4 is 5.32 Å². The molecule has 0 aliphatic rings. The van der Waals surface area contributed by atoms with Crippen LogP contribution in [-0.2, 0) is 0 Å². The highest BCUT2D eigenvalue weighted by Crippen LogP contribution is 2.20. The van der Waals surface area contributed by atoms with Crippen LogP contribution in [-0.4, -0.2) is 31.3 Å². The lowest BCUT2D eigenvalue weighted by Gasteiger charge is -2.03. The molecule has 3 aromatic rings. The lowest BCUT2D eigenvalue weighted by atomic mass is 10.2. The van der Waals surface area contributed by atoms with Gasteiger partial charge in [0.25, 0.3) is 5.91 Å². The summed E-state index contributed by atoms with van der Waals surface area (Å²) >= 11 is 0. The van der Waals surface area contributed by atoms with E-state index in [4.69, 9.17) is 4.42 Å². The van der Waals surface area contributed by atoms with Gasteiger partial charge in [-0.25, -0.2) is 4.98 Å². The van der Waals surface area contributed by atoms with E-state index in [9.17, 15) is 4.79 Å². The number of nitrogens with one attached hydrogen (secondary N) is 2. The van der Waals surface area contributed by atoms with Crippen LogP contribution in [0.5, 0.6) is 0 Å². The largest absolute Gasteiger partial charge is 0.423 e. The van der Waals surface area contributed by atoms with E-state index < -0.39 is 0 Å². The Labute approximate surface area is 106 Å². The third-order valence-corrected chi connectivity index (χ3v) is 2.36. The molecule has 0 aliphatic carbocycles. The monoisotopic (exact) mass is 256 g/mol. The molecule has 0 saturated carbocycles. The van der Waals surface area contributed by atoms with E-state index in [2.05, 4.69) is 30.7 Å². The van der Waals surface area contributed by atoms with Crippen molar-refractivity contribution in [2.45, 2.75) is 0 Å². The average Bonchev–Trinajstić information content (AvgIpc) is 3.13. The highest BCUT2D eigenvalue weighted by atomic mass is 16.4. The van der Waals surface area contributed by atoms with E-state index in [0.717, 1.165) is 0 Å². The van der Waals surface area contributed by atoms with Gasteiger partial charge in [-0.1, -0.05) is 6.07 Å². The molecule has 3 rings (SSSR count). The Balaban J connectivity index is 1.82. The number of H-pyrrole nitrogens is 1. The second-order valence-corrected chi connectivity index (χ2v) is 3.61. The molecule has 0 aliphatic heterocycles. The highest BCUT2D eigenvalue weighted by Gasteiger charge is 2.10. The molecule has 0 bridgehead atoms. The van der Waals surface area contributed by atoms with Gasteiger partial charge in [0.1, 0.15) is 6.33 Å². The summed E-state index contributed by atoms with van der Waals surface area (Å²) in [6.45, 7) is 0. The van der Waals surface area contributed by atoms with Crippen LogP contribution in [0.4, 0.5) is 5.69 Å². The molecule has 0 radical (unpaired) electrons. The first-order chi connectivity index (χ1) is 9.33. The minimum Gasteiger partial charge on any atom is -0.423 e. The number of anilines is 1. The molecule has 2 heterocycles. The van der Waals surface area contributed by atoms with E-state index in [1.165, 1.54) is 12.7 Å². The zero-order chi connectivity index (χ0) is 13.1. The summed E-state index contributed by atoms with van der Waals surface area (Å²) in [6, 6.07) is 7.04. The maximum absolute atomic E-state index is 11.8. The quantitative estimate of drug-likeness (QED) is 0.726. The summed E-state index contributed by atoms with van der Waals surface area (Å²) < 4.78 is 5.09. The van der Waals surface area contributed by atoms with Crippen LogP contribution in [0.2, 0.25) is 0 Å². The standard InChI is InChI=1S/C11H8N6O2/c18-10(9-12-5-13-16-9)15-8-3-1-2-7(4-8)11-17-14-6-19-11/h1-6H,(H,15,18)(H,12,13,16). The first kappa shape index (κ1) is 11.1. The summed E-state index contributed by atoms with van der Waals surface area (Å²) in [7, 11) is 0. The summed E-state index contributed by atoms with van der Waals surface area (Å²) in [6.07, 6.45) is 2.51. The van der Waals surface area contributed by atoms with Gasteiger partial charge in [-0.05, 0) is 18.2 Å². The molecule has 0 spiro atoms. The maximum atomic E-state index is 11.8. The van der Waals surface area contributed by atoms with Crippen LogP contribution >= 0.6 is 0 Å². The lowest BCUT2D eigenvalue weighted by Crippen LogP contribution is -2.13. The van der Waals surface area contributed by atoms with Gasteiger partial charge in [0.05, 0.1) is 0 Å². The Morgan fingerprint density at radius 3 is 3.05 bits per heavy atom. The van der Waals surface area contributed by atoms with Crippen molar-refractivity contribution >= 4 is 11.6 Å². The van der Waals surface area contributed by atoms with Gasteiger partial charge in [-0.3, -0.25) is 9.89 Å². The predicted octanol–water partition coefficient (Wildman–Crippen LogP) is 1.11. The number of aromatic nitrogens is 5. The fraction of sp³-hybridized carbons (Fsp3) is 0. The molecule has 1 amide bonds. The summed E-state index contributed by atoms with van der Waals surface area (Å²) in [5.41, 5.74) is 1.31. The summed E-state index contributed by atoms with van der Waals surface area (Å²) in [5, 5.41) is 16.2. The van der Waals surface area contributed by atoms with E-state index >= 15 is 0 Å². The van der Waals surface area contributed by atoms with Gasteiger partial charge in [-0.2, -0.15) is 5.10 Å². The smallest absolute Gasteiger partial charge is 0.292 e. The first-order valence-corrected chi connectivity index (χ1v) is 5.36. The SMILES string of the molecule is O=C(Nc1cccc(-c2nnco2)c1)c1ncn[nH]1. The Kier molecular flexibility index (Phi) is 2.73. The van der Waals surface area contributed by atoms with Gasteiger partial charge in [-0.15, -0.1) is 10.2 Å². The van der Waals surface area contributed by atoms with Gasteiger partial charge < -0.3 is 9.73 Å². The van der Waals surface area contributed by atoms with Crippen molar-refractivity contribution in [3.05, 3.63) is 42.8 Å². The molecule has 0 saturated heterocycles. The average molecular weight is 256 g/mol. The number of rotatable bonds is 3. The first-order valence-electron chi connectivity index (χ1n) is 5.36. The van der Waals surface area contributed by atoms with Crippen molar-refractivity contribution in [3.8, 4) is 11.5 Å². The second-order valence-electron chi connectivity index (χ2n) is 3.61. The number of hydrogen-bond acceptors (Lipinski definition) is 6. The van der Waals surface area contributed by atoms with Crippen molar-refractivity contribution in [1.82, 2.24) is 25.4 Å². The van der Waals surface area contributed by atoms with Crippen LogP contribution in [0.15, 0.2) is 41.4 Å². The Morgan fingerprint density at radius 2 is 2.32 bits per heavy atom. The fourth-order valence-electron chi connectivity index (χ4n) is 1.53. The molecule has 8 heteroatoms. The Bertz CT molecular complexity index is 677. The second kappa shape index (κ2) is 4.69. The topological polar surface area (TPSA) is 110 Å². The zero-order valence-electron chi connectivity index (χ0n) is 9.57. The van der Waals surface area contributed by atoms with Crippen LogP contribution in [0.1, 0.15) is 10.6 Å². The summed E-state index contributed by atoms with van der Waals surface area (Å²) in [4.78, 5) is 15.5. The predicted molar refractivity (Wildman–Crippen MR) is 64.1 cm³/mol.